The molecular weight excluding hydrogens is 276 g/mol. The van der Waals surface area contributed by atoms with Crippen LogP contribution >= 0.6 is 22.9 Å². The second-order valence-corrected chi connectivity index (χ2v) is 6.10. The molecule has 0 aliphatic carbocycles. The van der Waals surface area contributed by atoms with Gasteiger partial charge in [-0.15, -0.1) is 11.3 Å². The molecule has 4 heteroatoms. The predicted octanol–water partition coefficient (Wildman–Crippen LogP) is 3.79. The van der Waals surface area contributed by atoms with Crippen molar-refractivity contribution in [1.82, 2.24) is 10.2 Å². The summed E-state index contributed by atoms with van der Waals surface area (Å²) in [5.74, 6) is 0. The number of likely N-dealkylation sites (N-methyl/N-ethyl adjacent to an activating group) is 1. The summed E-state index contributed by atoms with van der Waals surface area (Å²) in [5.41, 5.74) is 1.15. The van der Waals surface area contributed by atoms with E-state index in [4.69, 9.17) is 11.6 Å². The molecule has 0 radical (unpaired) electrons. The summed E-state index contributed by atoms with van der Waals surface area (Å²) < 4.78 is 0. The number of hydrogen-bond acceptors (Lipinski definition) is 3. The second-order valence-electron chi connectivity index (χ2n) is 4.72. The average molecular weight is 295 g/mol. The summed E-state index contributed by atoms with van der Waals surface area (Å²) in [7, 11) is 4.23. The number of thiophene rings is 1. The third kappa shape index (κ3) is 4.05. The van der Waals surface area contributed by atoms with Crippen LogP contribution in [0.2, 0.25) is 5.02 Å². The SMILES string of the molecule is CN(C)C(CNCc1ccccc1Cl)c1cccs1. The quantitative estimate of drug-likeness (QED) is 0.872. The van der Waals surface area contributed by atoms with E-state index < -0.39 is 0 Å². The van der Waals surface area contributed by atoms with Gasteiger partial charge in [-0.25, -0.2) is 0 Å². The largest absolute Gasteiger partial charge is 0.311 e. The maximum absolute atomic E-state index is 6.15. The standard InChI is InChI=1S/C15H19ClN2S/c1-18(2)14(15-8-5-9-19-15)11-17-10-12-6-3-4-7-13(12)16/h3-9,14,17H,10-11H2,1-2H3. The topological polar surface area (TPSA) is 15.3 Å². The van der Waals surface area contributed by atoms with E-state index in [-0.39, 0.29) is 0 Å². The van der Waals surface area contributed by atoms with Crippen LogP contribution in [0.5, 0.6) is 0 Å². The van der Waals surface area contributed by atoms with Crippen molar-refractivity contribution in [3.63, 3.8) is 0 Å². The van der Waals surface area contributed by atoms with E-state index in [0.29, 0.717) is 6.04 Å². The van der Waals surface area contributed by atoms with Gasteiger partial charge in [-0.2, -0.15) is 0 Å². The lowest BCUT2D eigenvalue weighted by Gasteiger charge is -2.23. The van der Waals surface area contributed by atoms with Gasteiger partial charge in [0.25, 0.3) is 0 Å². The van der Waals surface area contributed by atoms with Crippen LogP contribution < -0.4 is 5.32 Å². The highest BCUT2D eigenvalue weighted by Gasteiger charge is 2.14. The summed E-state index contributed by atoms with van der Waals surface area (Å²) in [5, 5.41) is 6.44. The first-order valence-corrected chi connectivity index (χ1v) is 7.58. The first-order chi connectivity index (χ1) is 9.18. The summed E-state index contributed by atoms with van der Waals surface area (Å²) in [6, 6.07) is 12.7. The molecule has 0 fully saturated rings. The van der Waals surface area contributed by atoms with E-state index >= 15 is 0 Å². The van der Waals surface area contributed by atoms with E-state index in [2.05, 4.69) is 47.9 Å². The molecule has 0 bridgehead atoms. The Labute approximate surface area is 124 Å². The van der Waals surface area contributed by atoms with Gasteiger partial charge in [-0.3, -0.25) is 0 Å². The van der Waals surface area contributed by atoms with Crippen LogP contribution in [0.3, 0.4) is 0 Å². The molecule has 0 spiro atoms. The van der Waals surface area contributed by atoms with E-state index in [1.807, 2.05) is 18.2 Å². The maximum Gasteiger partial charge on any atom is 0.0561 e. The molecule has 2 rings (SSSR count). The molecule has 2 aromatic rings. The van der Waals surface area contributed by atoms with Crippen LogP contribution in [0.1, 0.15) is 16.5 Å². The number of hydrogen-bond donors (Lipinski definition) is 1. The number of nitrogens with one attached hydrogen (secondary N) is 1. The highest BCUT2D eigenvalue weighted by atomic mass is 35.5. The third-order valence-corrected chi connectivity index (χ3v) is 4.45. The number of benzene rings is 1. The van der Waals surface area contributed by atoms with Gasteiger partial charge in [0.1, 0.15) is 0 Å². The van der Waals surface area contributed by atoms with Crippen molar-refractivity contribution in [1.29, 1.82) is 0 Å². The highest BCUT2D eigenvalue weighted by Crippen LogP contribution is 2.22. The summed E-state index contributed by atoms with van der Waals surface area (Å²) in [6.07, 6.45) is 0. The number of rotatable bonds is 6. The Morgan fingerprint density at radius 1 is 1.21 bits per heavy atom. The lowest BCUT2D eigenvalue weighted by atomic mass is 10.2. The van der Waals surface area contributed by atoms with Gasteiger partial charge in [-0.05, 0) is 37.2 Å². The zero-order chi connectivity index (χ0) is 13.7. The van der Waals surface area contributed by atoms with Crippen LogP contribution in [-0.2, 0) is 6.54 Å². The Hall–Kier alpha value is -0.870. The van der Waals surface area contributed by atoms with E-state index in [0.717, 1.165) is 23.7 Å². The molecule has 102 valence electrons. The molecule has 0 saturated heterocycles. The lowest BCUT2D eigenvalue weighted by molar-refractivity contribution is 0.292. The van der Waals surface area contributed by atoms with Gasteiger partial charge in [-0.1, -0.05) is 35.9 Å². The van der Waals surface area contributed by atoms with Crippen LogP contribution in [0.25, 0.3) is 0 Å². The van der Waals surface area contributed by atoms with Crippen molar-refractivity contribution in [3.05, 3.63) is 57.2 Å². The summed E-state index contributed by atoms with van der Waals surface area (Å²) in [6.45, 7) is 1.72. The Morgan fingerprint density at radius 2 is 2.00 bits per heavy atom. The van der Waals surface area contributed by atoms with Crippen molar-refractivity contribution >= 4 is 22.9 Å². The van der Waals surface area contributed by atoms with Crippen LogP contribution in [0.4, 0.5) is 0 Å². The minimum absolute atomic E-state index is 0.405. The Kier molecular flexibility index (Phi) is 5.40. The van der Waals surface area contributed by atoms with Gasteiger partial charge < -0.3 is 10.2 Å². The maximum atomic E-state index is 6.15. The first-order valence-electron chi connectivity index (χ1n) is 6.32. The molecule has 2 nitrogen and oxygen atoms in total. The lowest BCUT2D eigenvalue weighted by Crippen LogP contribution is -2.30. The molecule has 19 heavy (non-hydrogen) atoms. The molecule has 1 N–H and O–H groups in total. The van der Waals surface area contributed by atoms with E-state index in [9.17, 15) is 0 Å². The molecular formula is C15H19ClN2S. The number of nitrogens with zero attached hydrogens (tertiary/aromatic N) is 1. The molecule has 0 aliphatic rings. The van der Waals surface area contributed by atoms with Gasteiger partial charge in [0.2, 0.25) is 0 Å². The zero-order valence-corrected chi connectivity index (χ0v) is 12.8. The Morgan fingerprint density at radius 3 is 2.63 bits per heavy atom. The fraction of sp³-hybridized carbons (Fsp3) is 0.333. The first kappa shape index (κ1) is 14.5. The molecule has 1 aromatic carbocycles. The van der Waals surface area contributed by atoms with E-state index in [1.54, 1.807) is 11.3 Å². The fourth-order valence-electron chi connectivity index (χ4n) is 2.00. The molecule has 1 unspecified atom stereocenters. The van der Waals surface area contributed by atoms with Crippen molar-refractivity contribution < 1.29 is 0 Å². The highest BCUT2D eigenvalue weighted by molar-refractivity contribution is 7.10. The molecule has 0 amide bonds. The van der Waals surface area contributed by atoms with Gasteiger partial charge in [0.05, 0.1) is 6.04 Å². The molecule has 0 aliphatic heterocycles. The summed E-state index contributed by atoms with van der Waals surface area (Å²) in [4.78, 5) is 3.63. The van der Waals surface area contributed by atoms with Crippen LogP contribution in [0.15, 0.2) is 41.8 Å². The Bertz CT molecular complexity index is 497. The van der Waals surface area contributed by atoms with Gasteiger partial charge in [0, 0.05) is 23.0 Å². The van der Waals surface area contributed by atoms with Crippen LogP contribution in [-0.4, -0.2) is 25.5 Å². The third-order valence-electron chi connectivity index (χ3n) is 3.11. The average Bonchev–Trinajstić information content (AvgIpc) is 2.89. The van der Waals surface area contributed by atoms with E-state index in [1.165, 1.54) is 4.88 Å². The fourth-order valence-corrected chi connectivity index (χ4v) is 3.13. The minimum atomic E-state index is 0.405. The molecule has 1 aromatic heterocycles. The minimum Gasteiger partial charge on any atom is -0.311 e. The molecule has 1 atom stereocenters. The second kappa shape index (κ2) is 7.06. The smallest absolute Gasteiger partial charge is 0.0561 e. The normalized spacial score (nSPS) is 12.8. The molecule has 1 heterocycles. The van der Waals surface area contributed by atoms with Gasteiger partial charge in [0.15, 0.2) is 0 Å². The Balaban J connectivity index is 1.92. The predicted molar refractivity (Wildman–Crippen MR) is 83.9 cm³/mol. The van der Waals surface area contributed by atoms with Crippen molar-refractivity contribution in [2.45, 2.75) is 12.6 Å². The van der Waals surface area contributed by atoms with Crippen molar-refractivity contribution in [2.75, 3.05) is 20.6 Å². The van der Waals surface area contributed by atoms with Crippen molar-refractivity contribution in [2.24, 2.45) is 0 Å². The van der Waals surface area contributed by atoms with Crippen molar-refractivity contribution in [3.8, 4) is 0 Å². The number of halogens is 1. The summed E-state index contributed by atoms with van der Waals surface area (Å²) >= 11 is 7.95. The van der Waals surface area contributed by atoms with Gasteiger partial charge >= 0.3 is 0 Å². The van der Waals surface area contributed by atoms with Crippen LogP contribution in [0, 0.1) is 0 Å². The zero-order valence-electron chi connectivity index (χ0n) is 11.3. The monoisotopic (exact) mass is 294 g/mol. The molecule has 0 saturated carbocycles.